The number of halogens is 2. The van der Waals surface area contributed by atoms with Crippen molar-refractivity contribution in [1.29, 1.82) is 0 Å². The number of nitrogens with zero attached hydrogens (tertiary/aromatic N) is 2. The molecule has 7 heteroatoms. The zero-order chi connectivity index (χ0) is 13.4. The largest absolute Gasteiger partial charge is 0.295 e. The normalized spacial score (nSPS) is 21.2. The molecule has 0 unspecified atom stereocenters. The van der Waals surface area contributed by atoms with Gasteiger partial charge in [0.15, 0.2) is 0 Å². The molecule has 1 aromatic carbocycles. The summed E-state index contributed by atoms with van der Waals surface area (Å²) in [5.74, 6) is 0.442. The summed E-state index contributed by atoms with van der Waals surface area (Å²) in [4.78, 5) is 15.8. The van der Waals surface area contributed by atoms with Crippen molar-refractivity contribution in [1.82, 2.24) is 15.2 Å². The molecule has 1 aromatic heterocycles. The third-order valence-electron chi connectivity index (χ3n) is 3.16. The average molecular weight is 297 g/mol. The first kappa shape index (κ1) is 12.4. The molecule has 1 aliphatic rings. The highest BCUT2D eigenvalue weighted by Gasteiger charge is 2.44. The second-order valence-electron chi connectivity index (χ2n) is 4.45. The molecule has 0 saturated heterocycles. The number of aromatic amines is 1. The molecule has 2 N–H and O–H groups in total. The SMILES string of the molecule is O=C(Nc1ncn[nH]1)[C@@H]1C[C@H]1c1ccc(Cl)c(Cl)c1. The summed E-state index contributed by atoms with van der Waals surface area (Å²) in [6, 6.07) is 5.47. The molecule has 0 spiro atoms. The molecule has 2 atom stereocenters. The van der Waals surface area contributed by atoms with Gasteiger partial charge in [-0.15, -0.1) is 0 Å². The Morgan fingerprint density at radius 3 is 2.89 bits per heavy atom. The summed E-state index contributed by atoms with van der Waals surface area (Å²) >= 11 is 11.8. The lowest BCUT2D eigenvalue weighted by molar-refractivity contribution is -0.117. The molecule has 1 heterocycles. The number of anilines is 1. The van der Waals surface area contributed by atoms with Crippen molar-refractivity contribution >= 4 is 35.1 Å². The van der Waals surface area contributed by atoms with Crippen LogP contribution < -0.4 is 5.32 Å². The Hall–Kier alpha value is -1.59. The van der Waals surface area contributed by atoms with Gasteiger partial charge in [-0.3, -0.25) is 10.1 Å². The minimum atomic E-state index is -0.0622. The molecule has 1 fully saturated rings. The quantitative estimate of drug-likeness (QED) is 0.915. The number of carbonyl (C=O) groups is 1. The smallest absolute Gasteiger partial charge is 0.230 e. The van der Waals surface area contributed by atoms with Crippen LogP contribution in [-0.2, 0) is 4.79 Å². The lowest BCUT2D eigenvalue weighted by atomic mass is 10.1. The Labute approximate surface area is 119 Å². The molecule has 1 saturated carbocycles. The highest BCUT2D eigenvalue weighted by molar-refractivity contribution is 6.42. The third-order valence-corrected chi connectivity index (χ3v) is 3.89. The first-order valence-corrected chi connectivity index (χ1v) is 6.52. The van der Waals surface area contributed by atoms with Crippen LogP contribution in [0.3, 0.4) is 0 Å². The molecular weight excluding hydrogens is 287 g/mol. The fourth-order valence-corrected chi connectivity index (χ4v) is 2.38. The number of rotatable bonds is 3. The van der Waals surface area contributed by atoms with Crippen LogP contribution in [0.25, 0.3) is 0 Å². The zero-order valence-electron chi connectivity index (χ0n) is 9.73. The molecule has 19 heavy (non-hydrogen) atoms. The van der Waals surface area contributed by atoms with Crippen LogP contribution in [0, 0.1) is 5.92 Å². The molecular formula is C12H10Cl2N4O. The molecule has 1 amide bonds. The van der Waals surface area contributed by atoms with Crippen molar-refractivity contribution in [2.24, 2.45) is 5.92 Å². The van der Waals surface area contributed by atoms with E-state index >= 15 is 0 Å². The van der Waals surface area contributed by atoms with Gasteiger partial charge in [0.25, 0.3) is 0 Å². The molecule has 2 aromatic rings. The van der Waals surface area contributed by atoms with Gasteiger partial charge in [0.1, 0.15) is 6.33 Å². The number of nitrogens with one attached hydrogen (secondary N) is 2. The van der Waals surface area contributed by atoms with Crippen molar-refractivity contribution in [3.05, 3.63) is 40.1 Å². The van der Waals surface area contributed by atoms with Crippen molar-refractivity contribution in [2.75, 3.05) is 5.32 Å². The minimum Gasteiger partial charge on any atom is -0.295 e. The first-order valence-electron chi connectivity index (χ1n) is 5.76. The highest BCUT2D eigenvalue weighted by atomic mass is 35.5. The van der Waals surface area contributed by atoms with Crippen LogP contribution in [-0.4, -0.2) is 21.1 Å². The van der Waals surface area contributed by atoms with Gasteiger partial charge in [-0.1, -0.05) is 29.3 Å². The van der Waals surface area contributed by atoms with Crippen molar-refractivity contribution in [2.45, 2.75) is 12.3 Å². The number of aromatic nitrogens is 3. The second-order valence-corrected chi connectivity index (χ2v) is 5.26. The fourth-order valence-electron chi connectivity index (χ4n) is 2.07. The van der Waals surface area contributed by atoms with Gasteiger partial charge >= 0.3 is 0 Å². The predicted molar refractivity (Wildman–Crippen MR) is 72.3 cm³/mol. The summed E-state index contributed by atoms with van der Waals surface area (Å²) in [6.45, 7) is 0. The van der Waals surface area contributed by atoms with Crippen LogP contribution in [0.15, 0.2) is 24.5 Å². The van der Waals surface area contributed by atoms with Crippen molar-refractivity contribution in [3.8, 4) is 0 Å². The average Bonchev–Trinajstić information content (AvgIpc) is 3.04. The van der Waals surface area contributed by atoms with Crippen LogP contribution in [0.2, 0.25) is 10.0 Å². The molecule has 98 valence electrons. The lowest BCUT2D eigenvalue weighted by Gasteiger charge is -2.03. The van der Waals surface area contributed by atoms with Gasteiger partial charge in [0.05, 0.1) is 10.0 Å². The fraction of sp³-hybridized carbons (Fsp3) is 0.250. The number of hydrogen-bond donors (Lipinski definition) is 2. The highest BCUT2D eigenvalue weighted by Crippen LogP contribution is 2.48. The van der Waals surface area contributed by atoms with E-state index in [0.29, 0.717) is 16.0 Å². The van der Waals surface area contributed by atoms with Crippen LogP contribution in [0.5, 0.6) is 0 Å². The van der Waals surface area contributed by atoms with Crippen molar-refractivity contribution < 1.29 is 4.79 Å². The molecule has 0 radical (unpaired) electrons. The Bertz CT molecular complexity index is 614. The molecule has 0 bridgehead atoms. The van der Waals surface area contributed by atoms with E-state index in [4.69, 9.17) is 23.2 Å². The van der Waals surface area contributed by atoms with Crippen LogP contribution >= 0.6 is 23.2 Å². The Balaban J connectivity index is 1.67. The summed E-state index contributed by atoms with van der Waals surface area (Å²) in [7, 11) is 0. The van der Waals surface area contributed by atoms with Gasteiger partial charge < -0.3 is 0 Å². The number of amides is 1. The van der Waals surface area contributed by atoms with Gasteiger partial charge in [0, 0.05) is 5.92 Å². The number of H-pyrrole nitrogens is 1. The topological polar surface area (TPSA) is 70.7 Å². The maximum atomic E-state index is 12.0. The summed E-state index contributed by atoms with van der Waals surface area (Å²) in [5.41, 5.74) is 1.03. The summed E-state index contributed by atoms with van der Waals surface area (Å²) in [5, 5.41) is 9.98. The maximum absolute atomic E-state index is 12.0. The van der Waals surface area contributed by atoms with E-state index in [1.807, 2.05) is 12.1 Å². The summed E-state index contributed by atoms with van der Waals surface area (Å²) in [6.07, 6.45) is 2.15. The molecule has 1 aliphatic carbocycles. The van der Waals surface area contributed by atoms with Gasteiger partial charge in [-0.25, -0.2) is 5.10 Å². The number of hydrogen-bond acceptors (Lipinski definition) is 3. The van der Waals surface area contributed by atoms with Crippen LogP contribution in [0.4, 0.5) is 5.95 Å². The second kappa shape index (κ2) is 4.83. The Morgan fingerprint density at radius 1 is 1.37 bits per heavy atom. The van der Waals surface area contributed by atoms with E-state index in [0.717, 1.165) is 12.0 Å². The standard InChI is InChI=1S/C12H10Cl2N4O/c13-9-2-1-6(3-10(9)14)7-4-8(7)11(19)17-12-15-5-16-18-12/h1-3,5,7-8H,4H2,(H2,15,16,17,18,19)/t7-,8+/m0/s1. The summed E-state index contributed by atoms with van der Waals surface area (Å²) < 4.78 is 0. The van der Waals surface area contributed by atoms with Crippen LogP contribution in [0.1, 0.15) is 17.9 Å². The zero-order valence-corrected chi connectivity index (χ0v) is 11.2. The Morgan fingerprint density at radius 2 is 2.21 bits per heavy atom. The molecule has 0 aliphatic heterocycles. The minimum absolute atomic E-state index is 0.0534. The van der Waals surface area contributed by atoms with E-state index in [2.05, 4.69) is 20.5 Å². The van der Waals surface area contributed by atoms with Gasteiger partial charge in [0.2, 0.25) is 11.9 Å². The van der Waals surface area contributed by atoms with E-state index in [9.17, 15) is 4.79 Å². The third kappa shape index (κ3) is 2.57. The van der Waals surface area contributed by atoms with E-state index in [1.165, 1.54) is 6.33 Å². The van der Waals surface area contributed by atoms with Crippen molar-refractivity contribution in [3.63, 3.8) is 0 Å². The van der Waals surface area contributed by atoms with E-state index in [1.54, 1.807) is 6.07 Å². The van der Waals surface area contributed by atoms with E-state index in [-0.39, 0.29) is 17.7 Å². The molecule has 5 nitrogen and oxygen atoms in total. The lowest BCUT2D eigenvalue weighted by Crippen LogP contribution is -2.15. The maximum Gasteiger partial charge on any atom is 0.230 e. The van der Waals surface area contributed by atoms with Gasteiger partial charge in [-0.05, 0) is 30.0 Å². The predicted octanol–water partition coefficient (Wildman–Crippen LogP) is 2.85. The first-order chi connectivity index (χ1) is 9.15. The monoisotopic (exact) mass is 296 g/mol. The Kier molecular flexibility index (Phi) is 3.16. The van der Waals surface area contributed by atoms with Gasteiger partial charge in [-0.2, -0.15) is 10.1 Å². The van der Waals surface area contributed by atoms with E-state index < -0.39 is 0 Å². The number of carbonyl (C=O) groups excluding carboxylic acids is 1. The number of benzene rings is 1. The molecule has 3 rings (SSSR count).